The zero-order valence-electron chi connectivity index (χ0n) is 12.2. The van der Waals surface area contributed by atoms with E-state index in [-0.39, 0.29) is 0 Å². The molecule has 4 N–H and O–H groups in total. The summed E-state index contributed by atoms with van der Waals surface area (Å²) in [6.45, 7) is 4.78. The minimum atomic E-state index is 0.302. The topological polar surface area (TPSA) is 98.0 Å². The van der Waals surface area contributed by atoms with Crippen LogP contribution in [0.4, 0.5) is 11.9 Å². The maximum atomic E-state index is 5.45. The highest BCUT2D eigenvalue weighted by Gasteiger charge is 2.22. The first-order valence-corrected chi connectivity index (χ1v) is 7.35. The van der Waals surface area contributed by atoms with Gasteiger partial charge in [0.25, 0.3) is 0 Å². The molecule has 1 atom stereocenters. The SMILES string of the molecule is CCCOc1nc(NN)nc(NC(C)C2CCCC2)n1. The quantitative estimate of drug-likeness (QED) is 0.518. The lowest BCUT2D eigenvalue weighted by molar-refractivity contribution is 0.292. The third-order valence-corrected chi connectivity index (χ3v) is 3.64. The summed E-state index contributed by atoms with van der Waals surface area (Å²) in [4.78, 5) is 12.6. The van der Waals surface area contributed by atoms with Crippen molar-refractivity contribution in [2.24, 2.45) is 11.8 Å². The number of hydrogen-bond acceptors (Lipinski definition) is 7. The zero-order chi connectivity index (χ0) is 14.4. The van der Waals surface area contributed by atoms with Gasteiger partial charge in [0, 0.05) is 6.04 Å². The first-order valence-electron chi connectivity index (χ1n) is 7.35. The van der Waals surface area contributed by atoms with Crippen LogP contribution in [0.5, 0.6) is 6.01 Å². The van der Waals surface area contributed by atoms with Crippen LogP contribution in [-0.4, -0.2) is 27.6 Å². The summed E-state index contributed by atoms with van der Waals surface area (Å²) in [6.07, 6.45) is 6.06. The van der Waals surface area contributed by atoms with Gasteiger partial charge in [-0.05, 0) is 32.1 Å². The molecule has 0 bridgehead atoms. The summed E-state index contributed by atoms with van der Waals surface area (Å²) >= 11 is 0. The summed E-state index contributed by atoms with van der Waals surface area (Å²) in [5.41, 5.74) is 2.44. The summed E-state index contributed by atoms with van der Waals surface area (Å²) in [5, 5.41) is 3.34. The molecule has 1 aliphatic rings. The Morgan fingerprint density at radius 2 is 1.95 bits per heavy atom. The lowest BCUT2D eigenvalue weighted by atomic mass is 10.0. The maximum Gasteiger partial charge on any atom is 0.323 e. The van der Waals surface area contributed by atoms with Gasteiger partial charge in [0.05, 0.1) is 6.61 Å². The highest BCUT2D eigenvalue weighted by Crippen LogP contribution is 2.28. The monoisotopic (exact) mass is 280 g/mol. The number of hydrogen-bond donors (Lipinski definition) is 3. The third-order valence-electron chi connectivity index (χ3n) is 3.64. The normalized spacial score (nSPS) is 16.9. The minimum absolute atomic E-state index is 0.302. The van der Waals surface area contributed by atoms with Crippen molar-refractivity contribution in [3.63, 3.8) is 0 Å². The predicted octanol–water partition coefficient (Wildman–Crippen LogP) is 1.94. The fourth-order valence-corrected chi connectivity index (χ4v) is 2.52. The lowest BCUT2D eigenvalue weighted by Crippen LogP contribution is -2.25. The Kier molecular flexibility index (Phi) is 5.34. The van der Waals surface area contributed by atoms with Crippen molar-refractivity contribution in [2.75, 3.05) is 17.3 Å². The summed E-state index contributed by atoms with van der Waals surface area (Å²) in [6, 6.07) is 0.639. The molecule has 1 unspecified atom stereocenters. The Bertz CT molecular complexity index is 421. The molecule has 0 radical (unpaired) electrons. The van der Waals surface area contributed by atoms with Crippen LogP contribution in [0.15, 0.2) is 0 Å². The molecule has 7 heteroatoms. The standard InChI is InChI=1S/C13H24N6O/c1-3-8-20-13-17-11(16-12(18-13)19-14)15-9(2)10-6-4-5-7-10/h9-10H,3-8,14H2,1-2H3,(H2,15,16,17,18,19). The van der Waals surface area contributed by atoms with Crippen LogP contribution >= 0.6 is 0 Å². The van der Waals surface area contributed by atoms with Crippen LogP contribution in [-0.2, 0) is 0 Å². The third kappa shape index (κ3) is 3.93. The van der Waals surface area contributed by atoms with Gasteiger partial charge in [-0.25, -0.2) is 5.84 Å². The fraction of sp³-hybridized carbons (Fsp3) is 0.769. The van der Waals surface area contributed by atoms with Crippen molar-refractivity contribution in [1.29, 1.82) is 0 Å². The molecule has 0 aromatic carbocycles. The largest absolute Gasteiger partial charge is 0.463 e. The molecule has 7 nitrogen and oxygen atoms in total. The Labute approximate surface area is 119 Å². The van der Waals surface area contributed by atoms with Crippen molar-refractivity contribution < 1.29 is 4.74 Å². The number of rotatable bonds is 7. The Hall–Kier alpha value is -1.63. The van der Waals surface area contributed by atoms with Gasteiger partial charge < -0.3 is 10.1 Å². The van der Waals surface area contributed by atoms with Crippen LogP contribution in [0.3, 0.4) is 0 Å². The smallest absolute Gasteiger partial charge is 0.323 e. The second-order valence-electron chi connectivity index (χ2n) is 5.24. The van der Waals surface area contributed by atoms with E-state index in [1.165, 1.54) is 25.7 Å². The number of nitrogen functional groups attached to an aromatic ring is 1. The number of hydrazine groups is 1. The van der Waals surface area contributed by atoms with E-state index in [0.717, 1.165) is 6.42 Å². The molecule has 1 saturated carbocycles. The molecule has 2 rings (SSSR count). The molecule has 1 heterocycles. The van der Waals surface area contributed by atoms with Crippen LogP contribution in [0.2, 0.25) is 0 Å². The average Bonchev–Trinajstić information content (AvgIpc) is 2.99. The molecule has 0 aliphatic heterocycles. The van der Waals surface area contributed by atoms with Crippen molar-refractivity contribution in [3.8, 4) is 6.01 Å². The van der Waals surface area contributed by atoms with Gasteiger partial charge in [-0.3, -0.25) is 5.43 Å². The lowest BCUT2D eigenvalue weighted by Gasteiger charge is -2.20. The molecule has 20 heavy (non-hydrogen) atoms. The molecule has 0 spiro atoms. The second-order valence-corrected chi connectivity index (χ2v) is 5.24. The van der Waals surface area contributed by atoms with Gasteiger partial charge >= 0.3 is 6.01 Å². The number of ether oxygens (including phenoxy) is 1. The van der Waals surface area contributed by atoms with E-state index in [9.17, 15) is 0 Å². The Balaban J connectivity index is 2.04. The number of anilines is 2. The van der Waals surface area contributed by atoms with Crippen LogP contribution in [0.25, 0.3) is 0 Å². The molecule has 1 aliphatic carbocycles. The van der Waals surface area contributed by atoms with Crippen molar-refractivity contribution in [3.05, 3.63) is 0 Å². The van der Waals surface area contributed by atoms with Crippen LogP contribution in [0.1, 0.15) is 46.0 Å². The van der Waals surface area contributed by atoms with Crippen molar-refractivity contribution >= 4 is 11.9 Å². The summed E-state index contributed by atoms with van der Waals surface area (Å²) in [7, 11) is 0. The van der Waals surface area contributed by atoms with Crippen LogP contribution in [0, 0.1) is 5.92 Å². The summed E-state index contributed by atoms with van der Waals surface area (Å²) < 4.78 is 5.45. The molecule has 1 fully saturated rings. The second kappa shape index (κ2) is 7.23. The minimum Gasteiger partial charge on any atom is -0.463 e. The molecule has 112 valence electrons. The van der Waals surface area contributed by atoms with Gasteiger partial charge in [-0.1, -0.05) is 19.8 Å². The fourth-order valence-electron chi connectivity index (χ4n) is 2.52. The number of nitrogens with two attached hydrogens (primary N) is 1. The zero-order valence-corrected chi connectivity index (χ0v) is 12.2. The van der Waals surface area contributed by atoms with E-state index in [4.69, 9.17) is 10.6 Å². The number of aromatic nitrogens is 3. The first kappa shape index (κ1) is 14.8. The molecule has 1 aromatic rings. The highest BCUT2D eigenvalue weighted by atomic mass is 16.5. The van der Waals surface area contributed by atoms with Crippen molar-refractivity contribution in [2.45, 2.75) is 52.0 Å². The van der Waals surface area contributed by atoms with E-state index in [1.807, 2.05) is 6.92 Å². The van der Waals surface area contributed by atoms with E-state index >= 15 is 0 Å². The van der Waals surface area contributed by atoms with E-state index in [0.29, 0.717) is 36.5 Å². The Morgan fingerprint density at radius 1 is 1.25 bits per heavy atom. The van der Waals surface area contributed by atoms with E-state index in [2.05, 4.69) is 32.6 Å². The van der Waals surface area contributed by atoms with E-state index in [1.54, 1.807) is 0 Å². The maximum absolute atomic E-state index is 5.45. The Morgan fingerprint density at radius 3 is 2.60 bits per heavy atom. The van der Waals surface area contributed by atoms with Gasteiger partial charge in [0.2, 0.25) is 11.9 Å². The molecular weight excluding hydrogens is 256 g/mol. The number of nitrogens with one attached hydrogen (secondary N) is 2. The van der Waals surface area contributed by atoms with Gasteiger partial charge in [0.1, 0.15) is 0 Å². The van der Waals surface area contributed by atoms with Gasteiger partial charge in [-0.2, -0.15) is 15.0 Å². The number of nitrogens with zero attached hydrogens (tertiary/aromatic N) is 3. The average molecular weight is 280 g/mol. The molecule has 0 amide bonds. The summed E-state index contributed by atoms with van der Waals surface area (Å²) in [5.74, 6) is 6.89. The predicted molar refractivity (Wildman–Crippen MR) is 78.5 cm³/mol. The highest BCUT2D eigenvalue weighted by molar-refractivity contribution is 5.35. The van der Waals surface area contributed by atoms with Gasteiger partial charge in [0.15, 0.2) is 0 Å². The van der Waals surface area contributed by atoms with Crippen molar-refractivity contribution in [1.82, 2.24) is 15.0 Å². The molecular formula is C13H24N6O. The van der Waals surface area contributed by atoms with E-state index < -0.39 is 0 Å². The molecule has 1 aromatic heterocycles. The van der Waals surface area contributed by atoms with Crippen LogP contribution < -0.4 is 21.3 Å². The molecule has 0 saturated heterocycles. The first-order chi connectivity index (χ1) is 9.72. The van der Waals surface area contributed by atoms with Gasteiger partial charge in [-0.15, -0.1) is 0 Å².